The molecule has 6 rings (SSSR count). The van der Waals surface area contributed by atoms with Gasteiger partial charge in [-0.05, 0) is 24.0 Å². The Balaban J connectivity index is 1.04. The van der Waals surface area contributed by atoms with Crippen LogP contribution in [0.4, 0.5) is 5.95 Å². The van der Waals surface area contributed by atoms with E-state index in [0.717, 1.165) is 68.1 Å². The SMILES string of the molecule is c1ccc2c(c1)CC(Nc1ncc(-c3cn(CCN4CCc5n[nH]nc5C4)cn3)cn1)C2. The van der Waals surface area contributed by atoms with Crippen molar-refractivity contribution in [3.8, 4) is 11.3 Å². The predicted octanol–water partition coefficient (Wildman–Crippen LogP) is 2.10. The highest BCUT2D eigenvalue weighted by Gasteiger charge is 2.21. The normalized spacial score (nSPS) is 16.1. The molecule has 0 amide bonds. The molecule has 32 heavy (non-hydrogen) atoms. The van der Waals surface area contributed by atoms with Crippen molar-refractivity contribution in [3.63, 3.8) is 0 Å². The maximum atomic E-state index is 4.55. The molecule has 2 aliphatic rings. The molecule has 1 aromatic carbocycles. The van der Waals surface area contributed by atoms with Gasteiger partial charge in [0.15, 0.2) is 0 Å². The second-order valence-corrected chi connectivity index (χ2v) is 8.55. The number of aromatic amines is 1. The monoisotopic (exact) mass is 427 g/mol. The molecule has 4 heterocycles. The lowest BCUT2D eigenvalue weighted by Crippen LogP contribution is -2.33. The summed E-state index contributed by atoms with van der Waals surface area (Å²) < 4.78 is 2.12. The average molecular weight is 428 g/mol. The number of aromatic nitrogens is 7. The number of rotatable bonds is 6. The van der Waals surface area contributed by atoms with Gasteiger partial charge in [-0.1, -0.05) is 24.3 Å². The summed E-state index contributed by atoms with van der Waals surface area (Å²) in [6, 6.07) is 8.96. The van der Waals surface area contributed by atoms with Gasteiger partial charge in [0, 0.05) is 62.8 Å². The van der Waals surface area contributed by atoms with Crippen LogP contribution >= 0.6 is 0 Å². The molecule has 0 bridgehead atoms. The molecule has 0 saturated carbocycles. The van der Waals surface area contributed by atoms with E-state index >= 15 is 0 Å². The summed E-state index contributed by atoms with van der Waals surface area (Å²) in [4.78, 5) is 16.0. The zero-order valence-corrected chi connectivity index (χ0v) is 17.8. The van der Waals surface area contributed by atoms with E-state index in [1.807, 2.05) is 18.7 Å². The summed E-state index contributed by atoms with van der Waals surface area (Å²) in [5.41, 5.74) is 6.81. The number of hydrogen-bond acceptors (Lipinski definition) is 7. The third kappa shape index (κ3) is 3.87. The first kappa shape index (κ1) is 19.1. The van der Waals surface area contributed by atoms with Crippen LogP contribution < -0.4 is 5.32 Å². The minimum atomic E-state index is 0.348. The molecule has 0 atom stereocenters. The summed E-state index contributed by atoms with van der Waals surface area (Å²) in [7, 11) is 0. The molecule has 0 fully saturated rings. The van der Waals surface area contributed by atoms with Gasteiger partial charge in [-0.3, -0.25) is 4.90 Å². The molecule has 1 aliphatic carbocycles. The molecule has 0 radical (unpaired) electrons. The quantitative estimate of drug-likeness (QED) is 0.486. The van der Waals surface area contributed by atoms with Crippen LogP contribution in [0, 0.1) is 0 Å². The predicted molar refractivity (Wildman–Crippen MR) is 120 cm³/mol. The highest BCUT2D eigenvalue weighted by Crippen LogP contribution is 2.24. The lowest BCUT2D eigenvalue weighted by atomic mass is 10.1. The Morgan fingerprint density at radius 2 is 1.75 bits per heavy atom. The summed E-state index contributed by atoms with van der Waals surface area (Å²) >= 11 is 0. The Labute approximate surface area is 185 Å². The van der Waals surface area contributed by atoms with E-state index in [2.05, 4.69) is 75.6 Å². The molecule has 1 aliphatic heterocycles. The molecule has 0 spiro atoms. The minimum absolute atomic E-state index is 0.348. The second kappa shape index (κ2) is 8.16. The highest BCUT2D eigenvalue weighted by atomic mass is 15.3. The average Bonchev–Trinajstić information content (AvgIpc) is 3.56. The van der Waals surface area contributed by atoms with Crippen LogP contribution in [0.15, 0.2) is 49.2 Å². The van der Waals surface area contributed by atoms with E-state index in [4.69, 9.17) is 0 Å². The smallest absolute Gasteiger partial charge is 0.222 e. The fourth-order valence-electron chi connectivity index (χ4n) is 4.61. The van der Waals surface area contributed by atoms with Gasteiger partial charge < -0.3 is 9.88 Å². The van der Waals surface area contributed by atoms with Crippen LogP contribution in [0.2, 0.25) is 0 Å². The third-order valence-electron chi connectivity index (χ3n) is 6.38. The van der Waals surface area contributed by atoms with Crippen molar-refractivity contribution in [1.82, 2.24) is 39.8 Å². The first-order valence-electron chi connectivity index (χ1n) is 11.1. The summed E-state index contributed by atoms with van der Waals surface area (Å²) in [6.07, 6.45) is 10.6. The lowest BCUT2D eigenvalue weighted by Gasteiger charge is -2.24. The molecule has 9 nitrogen and oxygen atoms in total. The van der Waals surface area contributed by atoms with Gasteiger partial charge in [-0.15, -0.1) is 0 Å². The minimum Gasteiger partial charge on any atom is -0.351 e. The standard InChI is InChI=1S/C23H25N9/c1-2-4-17-10-19(9-16(17)3-1)27-23-24-11-18(12-25-23)21-13-32(15-26-21)8-7-31-6-5-20-22(14-31)29-30-28-20/h1-4,11-13,15,19H,5-10,14H2,(H,24,25,27)(H,28,29,30). The van der Waals surface area contributed by atoms with Gasteiger partial charge in [0.25, 0.3) is 0 Å². The number of hydrogen-bond donors (Lipinski definition) is 2. The fraction of sp³-hybridized carbons (Fsp3) is 0.348. The van der Waals surface area contributed by atoms with Gasteiger partial charge in [0.2, 0.25) is 5.95 Å². The van der Waals surface area contributed by atoms with Crippen molar-refractivity contribution in [2.24, 2.45) is 0 Å². The molecule has 0 unspecified atom stereocenters. The van der Waals surface area contributed by atoms with Crippen molar-refractivity contribution < 1.29 is 0 Å². The van der Waals surface area contributed by atoms with E-state index < -0.39 is 0 Å². The molecule has 4 aromatic rings. The first-order chi connectivity index (χ1) is 15.8. The largest absolute Gasteiger partial charge is 0.351 e. The molecule has 3 aromatic heterocycles. The maximum absolute atomic E-state index is 4.55. The van der Waals surface area contributed by atoms with Crippen molar-refractivity contribution >= 4 is 5.95 Å². The topological polar surface area (TPSA) is 100 Å². The molecular formula is C23H25N9. The van der Waals surface area contributed by atoms with Crippen LogP contribution in [0.3, 0.4) is 0 Å². The number of benzene rings is 1. The Kier molecular flexibility index (Phi) is 4.87. The Hall–Kier alpha value is -3.59. The molecule has 2 N–H and O–H groups in total. The number of nitrogens with zero attached hydrogens (tertiary/aromatic N) is 7. The molecular weight excluding hydrogens is 402 g/mol. The zero-order chi connectivity index (χ0) is 21.3. The first-order valence-corrected chi connectivity index (χ1v) is 11.1. The van der Waals surface area contributed by atoms with Gasteiger partial charge >= 0.3 is 0 Å². The summed E-state index contributed by atoms with van der Waals surface area (Å²) in [5.74, 6) is 0.670. The van der Waals surface area contributed by atoms with E-state index in [1.165, 1.54) is 11.1 Å². The number of imidazole rings is 1. The van der Waals surface area contributed by atoms with Gasteiger partial charge in [0.05, 0.1) is 23.4 Å². The van der Waals surface area contributed by atoms with Crippen molar-refractivity contribution in [1.29, 1.82) is 0 Å². The lowest BCUT2D eigenvalue weighted by molar-refractivity contribution is 0.240. The third-order valence-corrected chi connectivity index (χ3v) is 6.38. The Morgan fingerprint density at radius 3 is 2.56 bits per heavy atom. The van der Waals surface area contributed by atoms with Crippen LogP contribution in [0.1, 0.15) is 22.5 Å². The van der Waals surface area contributed by atoms with E-state index in [9.17, 15) is 0 Å². The van der Waals surface area contributed by atoms with Crippen LogP contribution in [-0.4, -0.2) is 59.0 Å². The fourth-order valence-corrected chi connectivity index (χ4v) is 4.61. The van der Waals surface area contributed by atoms with Gasteiger partial charge in [0.1, 0.15) is 0 Å². The van der Waals surface area contributed by atoms with Crippen LogP contribution in [0.5, 0.6) is 0 Å². The van der Waals surface area contributed by atoms with E-state index in [0.29, 0.717) is 12.0 Å². The van der Waals surface area contributed by atoms with Crippen molar-refractivity contribution in [2.75, 3.05) is 18.4 Å². The highest BCUT2D eigenvalue weighted by molar-refractivity contribution is 5.56. The Bertz CT molecular complexity index is 1190. The van der Waals surface area contributed by atoms with Crippen molar-refractivity contribution in [2.45, 2.75) is 38.4 Å². The van der Waals surface area contributed by atoms with Gasteiger partial charge in [-0.2, -0.15) is 15.4 Å². The summed E-state index contributed by atoms with van der Waals surface area (Å²) in [5, 5.41) is 14.6. The number of nitrogens with one attached hydrogen (secondary N) is 2. The molecule has 9 heteroatoms. The Morgan fingerprint density at radius 1 is 0.969 bits per heavy atom. The number of H-pyrrole nitrogens is 1. The van der Waals surface area contributed by atoms with Gasteiger partial charge in [-0.25, -0.2) is 15.0 Å². The second-order valence-electron chi connectivity index (χ2n) is 8.55. The van der Waals surface area contributed by atoms with Crippen LogP contribution in [-0.2, 0) is 32.4 Å². The summed E-state index contributed by atoms with van der Waals surface area (Å²) in [6.45, 7) is 3.69. The van der Waals surface area contributed by atoms with E-state index in [-0.39, 0.29) is 0 Å². The van der Waals surface area contributed by atoms with E-state index in [1.54, 1.807) is 0 Å². The molecule has 0 saturated heterocycles. The van der Waals surface area contributed by atoms with Crippen molar-refractivity contribution in [3.05, 3.63) is 71.7 Å². The number of anilines is 1. The van der Waals surface area contributed by atoms with Crippen LogP contribution in [0.25, 0.3) is 11.3 Å². The zero-order valence-electron chi connectivity index (χ0n) is 17.8. The maximum Gasteiger partial charge on any atom is 0.222 e. The molecule has 162 valence electrons. The number of fused-ring (bicyclic) bond motifs is 2.